The molecule has 1 aromatic carbocycles. The van der Waals surface area contributed by atoms with Gasteiger partial charge in [-0.2, -0.15) is 0 Å². The standard InChI is InChI=1S/C7H5BrINO2/c8-4-1-3(10)2-5(9)6(4)7(11)12/h1-2H,10H2,(H,11,12). The average Bonchev–Trinajstić information content (AvgIpc) is 1.82. The first kappa shape index (κ1) is 9.79. The highest BCUT2D eigenvalue weighted by Crippen LogP contribution is 2.25. The van der Waals surface area contributed by atoms with Crippen LogP contribution in [0.3, 0.4) is 0 Å². The van der Waals surface area contributed by atoms with E-state index in [1.807, 2.05) is 22.6 Å². The maximum atomic E-state index is 10.7. The number of carboxylic acids is 1. The van der Waals surface area contributed by atoms with Crippen molar-refractivity contribution < 1.29 is 9.90 Å². The molecule has 1 aromatic rings. The Labute approximate surface area is 91.2 Å². The third kappa shape index (κ3) is 1.89. The van der Waals surface area contributed by atoms with E-state index < -0.39 is 5.97 Å². The summed E-state index contributed by atoms with van der Waals surface area (Å²) in [7, 11) is 0. The first-order valence-electron chi connectivity index (χ1n) is 3.00. The molecule has 0 spiro atoms. The number of carboxylic acid groups (broad SMARTS) is 1. The zero-order chi connectivity index (χ0) is 9.30. The Bertz CT molecular complexity index is 317. The molecule has 0 radical (unpaired) electrons. The minimum absolute atomic E-state index is 0.254. The summed E-state index contributed by atoms with van der Waals surface area (Å²) in [4.78, 5) is 10.7. The van der Waals surface area contributed by atoms with Crippen LogP contribution in [0, 0.1) is 3.57 Å². The van der Waals surface area contributed by atoms with Crippen LogP contribution in [0.5, 0.6) is 0 Å². The highest BCUT2D eigenvalue weighted by atomic mass is 127. The number of halogens is 2. The van der Waals surface area contributed by atoms with E-state index in [4.69, 9.17) is 10.8 Å². The number of anilines is 1. The first-order chi connectivity index (χ1) is 5.52. The summed E-state index contributed by atoms with van der Waals surface area (Å²) < 4.78 is 1.14. The molecule has 0 amide bonds. The zero-order valence-electron chi connectivity index (χ0n) is 5.84. The molecule has 0 aliphatic carbocycles. The van der Waals surface area contributed by atoms with Crippen LogP contribution < -0.4 is 5.73 Å². The second-order valence-electron chi connectivity index (χ2n) is 2.16. The lowest BCUT2D eigenvalue weighted by atomic mass is 10.2. The Morgan fingerprint density at radius 3 is 2.58 bits per heavy atom. The molecule has 64 valence electrons. The lowest BCUT2D eigenvalue weighted by Crippen LogP contribution is -2.02. The van der Waals surface area contributed by atoms with E-state index >= 15 is 0 Å². The molecule has 0 fully saturated rings. The lowest BCUT2D eigenvalue weighted by Gasteiger charge is -2.03. The normalized spacial score (nSPS) is 9.83. The summed E-state index contributed by atoms with van der Waals surface area (Å²) in [5, 5.41) is 8.76. The second kappa shape index (κ2) is 3.61. The number of nitrogen functional groups attached to an aromatic ring is 1. The van der Waals surface area contributed by atoms with Gasteiger partial charge in [0.05, 0.1) is 5.56 Å². The molecule has 0 atom stereocenters. The van der Waals surface area contributed by atoms with Gasteiger partial charge < -0.3 is 10.8 Å². The number of aromatic carboxylic acids is 1. The maximum absolute atomic E-state index is 10.7. The van der Waals surface area contributed by atoms with Crippen LogP contribution in [0.25, 0.3) is 0 Å². The van der Waals surface area contributed by atoms with E-state index in [2.05, 4.69) is 15.9 Å². The molecular weight excluding hydrogens is 337 g/mol. The van der Waals surface area contributed by atoms with Gasteiger partial charge in [-0.05, 0) is 50.7 Å². The van der Waals surface area contributed by atoms with Gasteiger partial charge in [0.1, 0.15) is 0 Å². The summed E-state index contributed by atoms with van der Waals surface area (Å²) in [5.74, 6) is -0.953. The van der Waals surface area contributed by atoms with Gasteiger partial charge in [-0.25, -0.2) is 4.79 Å². The Morgan fingerprint density at radius 2 is 2.17 bits per heavy atom. The quantitative estimate of drug-likeness (QED) is 0.608. The fourth-order valence-electron chi connectivity index (χ4n) is 0.797. The van der Waals surface area contributed by atoms with Gasteiger partial charge in [-0.3, -0.25) is 0 Å². The van der Waals surface area contributed by atoms with E-state index in [-0.39, 0.29) is 5.56 Å². The van der Waals surface area contributed by atoms with Gasteiger partial charge in [0, 0.05) is 13.7 Å². The summed E-state index contributed by atoms with van der Waals surface area (Å²) in [5.41, 5.74) is 6.31. The van der Waals surface area contributed by atoms with E-state index in [1.54, 1.807) is 12.1 Å². The molecule has 0 aromatic heterocycles. The molecule has 0 bridgehead atoms. The van der Waals surface area contributed by atoms with E-state index in [1.165, 1.54) is 0 Å². The highest BCUT2D eigenvalue weighted by molar-refractivity contribution is 14.1. The van der Waals surface area contributed by atoms with Gasteiger partial charge in [-0.1, -0.05) is 0 Å². The molecule has 12 heavy (non-hydrogen) atoms. The van der Waals surface area contributed by atoms with Gasteiger partial charge in [0.15, 0.2) is 0 Å². The molecule has 0 aliphatic heterocycles. The van der Waals surface area contributed by atoms with Crippen LogP contribution in [0.4, 0.5) is 5.69 Å². The Kier molecular flexibility index (Phi) is 2.94. The van der Waals surface area contributed by atoms with Gasteiger partial charge in [0.25, 0.3) is 0 Å². The first-order valence-corrected chi connectivity index (χ1v) is 4.87. The number of hydrogen-bond acceptors (Lipinski definition) is 2. The highest BCUT2D eigenvalue weighted by Gasteiger charge is 2.12. The van der Waals surface area contributed by atoms with Gasteiger partial charge in [0.2, 0.25) is 0 Å². The predicted octanol–water partition coefficient (Wildman–Crippen LogP) is 2.33. The molecule has 0 unspecified atom stereocenters. The maximum Gasteiger partial charge on any atom is 0.337 e. The zero-order valence-corrected chi connectivity index (χ0v) is 9.59. The fourth-order valence-corrected chi connectivity index (χ4v) is 2.70. The van der Waals surface area contributed by atoms with Crippen LogP contribution in [0.15, 0.2) is 16.6 Å². The SMILES string of the molecule is Nc1cc(Br)c(C(=O)O)c(I)c1. The smallest absolute Gasteiger partial charge is 0.337 e. The van der Waals surface area contributed by atoms with Gasteiger partial charge >= 0.3 is 5.97 Å². The van der Waals surface area contributed by atoms with Crippen molar-refractivity contribution in [3.63, 3.8) is 0 Å². The third-order valence-corrected chi connectivity index (χ3v) is 2.75. The molecular formula is C7H5BrINO2. The van der Waals surface area contributed by atoms with E-state index in [0.29, 0.717) is 13.7 Å². The lowest BCUT2D eigenvalue weighted by molar-refractivity contribution is 0.0695. The molecule has 3 N–H and O–H groups in total. The summed E-state index contributed by atoms with van der Waals surface area (Å²) in [6.45, 7) is 0. The molecule has 0 aliphatic rings. The minimum Gasteiger partial charge on any atom is -0.478 e. The Hall–Kier alpha value is -0.300. The van der Waals surface area contributed by atoms with Crippen molar-refractivity contribution in [3.05, 3.63) is 25.7 Å². The van der Waals surface area contributed by atoms with Crippen molar-refractivity contribution in [2.75, 3.05) is 5.73 Å². The summed E-state index contributed by atoms with van der Waals surface area (Å²) in [6, 6.07) is 3.19. The Morgan fingerprint density at radius 1 is 1.58 bits per heavy atom. The van der Waals surface area contributed by atoms with Crippen molar-refractivity contribution in [3.8, 4) is 0 Å². The number of hydrogen-bond donors (Lipinski definition) is 2. The van der Waals surface area contributed by atoms with Crippen molar-refractivity contribution in [2.45, 2.75) is 0 Å². The monoisotopic (exact) mass is 341 g/mol. The largest absolute Gasteiger partial charge is 0.478 e. The van der Waals surface area contributed by atoms with Crippen LogP contribution in [-0.2, 0) is 0 Å². The van der Waals surface area contributed by atoms with E-state index in [9.17, 15) is 4.79 Å². The topological polar surface area (TPSA) is 63.3 Å². The third-order valence-electron chi connectivity index (χ3n) is 1.28. The summed E-state index contributed by atoms with van der Waals surface area (Å²) >= 11 is 5.07. The van der Waals surface area contributed by atoms with Crippen molar-refractivity contribution in [2.24, 2.45) is 0 Å². The second-order valence-corrected chi connectivity index (χ2v) is 4.18. The molecule has 0 heterocycles. The van der Waals surface area contributed by atoms with Crippen molar-refractivity contribution in [1.29, 1.82) is 0 Å². The number of benzene rings is 1. The number of rotatable bonds is 1. The minimum atomic E-state index is -0.953. The summed E-state index contributed by atoms with van der Waals surface area (Å²) in [6.07, 6.45) is 0. The molecule has 3 nitrogen and oxygen atoms in total. The van der Waals surface area contributed by atoms with Gasteiger partial charge in [-0.15, -0.1) is 0 Å². The van der Waals surface area contributed by atoms with Crippen LogP contribution >= 0.6 is 38.5 Å². The Balaban J connectivity index is 3.38. The number of nitrogens with two attached hydrogens (primary N) is 1. The van der Waals surface area contributed by atoms with E-state index in [0.717, 1.165) is 0 Å². The van der Waals surface area contributed by atoms with Crippen molar-refractivity contribution in [1.82, 2.24) is 0 Å². The average molecular weight is 342 g/mol. The molecule has 0 saturated heterocycles. The van der Waals surface area contributed by atoms with Crippen LogP contribution in [0.2, 0.25) is 0 Å². The predicted molar refractivity (Wildman–Crippen MR) is 58.2 cm³/mol. The van der Waals surface area contributed by atoms with Crippen LogP contribution in [0.1, 0.15) is 10.4 Å². The fraction of sp³-hybridized carbons (Fsp3) is 0. The molecule has 0 saturated carbocycles. The van der Waals surface area contributed by atoms with Crippen molar-refractivity contribution >= 4 is 50.2 Å². The van der Waals surface area contributed by atoms with Crippen LogP contribution in [-0.4, -0.2) is 11.1 Å². The molecule has 1 rings (SSSR count). The number of carbonyl (C=O) groups is 1. The molecule has 5 heteroatoms.